The quantitative estimate of drug-likeness (QED) is 0.424. The molecule has 0 saturated heterocycles. The van der Waals surface area contributed by atoms with Crippen molar-refractivity contribution < 1.29 is 10.2 Å². The lowest BCUT2D eigenvalue weighted by molar-refractivity contribution is -0.134. The normalized spacial score (nSPS) is 54.9. The molecule has 0 spiro atoms. The maximum atomic E-state index is 10.9. The number of hydrogen-bond acceptors (Lipinski definition) is 2. The molecule has 9 atom stereocenters. The van der Waals surface area contributed by atoms with Crippen LogP contribution >= 0.6 is 0 Å². The Hall–Kier alpha value is -0.340. The molecule has 2 N–H and O–H groups in total. The molecular formula is C30H50O2. The third kappa shape index (κ3) is 3.10. The van der Waals surface area contributed by atoms with Crippen molar-refractivity contribution in [3.05, 3.63) is 11.6 Å². The molecule has 0 aromatic carbocycles. The van der Waals surface area contributed by atoms with E-state index in [2.05, 4.69) is 47.6 Å². The van der Waals surface area contributed by atoms with Gasteiger partial charge in [0.2, 0.25) is 0 Å². The first kappa shape index (κ1) is 23.4. The largest absolute Gasteiger partial charge is 0.396 e. The highest BCUT2D eigenvalue weighted by atomic mass is 16.3. The zero-order chi connectivity index (χ0) is 23.2. The minimum atomic E-state index is -0.142. The Morgan fingerprint density at radius 3 is 2.31 bits per heavy atom. The van der Waals surface area contributed by atoms with Crippen LogP contribution in [0.4, 0.5) is 0 Å². The number of aliphatic hydroxyl groups is 2. The van der Waals surface area contributed by atoms with Crippen LogP contribution in [-0.2, 0) is 0 Å². The van der Waals surface area contributed by atoms with E-state index in [-0.39, 0.29) is 16.9 Å². The topological polar surface area (TPSA) is 40.5 Å². The van der Waals surface area contributed by atoms with Gasteiger partial charge in [-0.3, -0.25) is 0 Å². The summed E-state index contributed by atoms with van der Waals surface area (Å²) in [6, 6.07) is 0. The second-order valence-electron chi connectivity index (χ2n) is 14.8. The van der Waals surface area contributed by atoms with Crippen molar-refractivity contribution in [2.75, 3.05) is 6.61 Å². The lowest BCUT2D eigenvalue weighted by atomic mass is 9.41. The fourth-order valence-corrected chi connectivity index (χ4v) is 10.3. The highest BCUT2D eigenvalue weighted by Gasteiger charge is 2.62. The zero-order valence-corrected chi connectivity index (χ0v) is 21.8. The summed E-state index contributed by atoms with van der Waals surface area (Å²) >= 11 is 0. The molecule has 5 aliphatic carbocycles. The van der Waals surface area contributed by atoms with Crippen LogP contribution in [-0.4, -0.2) is 22.9 Å². The molecule has 5 aliphatic rings. The predicted octanol–water partition coefficient (Wildman–Crippen LogP) is 7.14. The molecule has 5 rings (SSSR count). The zero-order valence-electron chi connectivity index (χ0n) is 21.8. The lowest BCUT2D eigenvalue weighted by Gasteiger charge is -2.64. The van der Waals surface area contributed by atoms with Gasteiger partial charge in [-0.2, -0.15) is 0 Å². The van der Waals surface area contributed by atoms with Gasteiger partial charge in [-0.05, 0) is 115 Å². The molecule has 0 aliphatic heterocycles. The van der Waals surface area contributed by atoms with Crippen molar-refractivity contribution in [2.45, 2.75) is 118 Å². The van der Waals surface area contributed by atoms with Crippen molar-refractivity contribution in [3.8, 4) is 0 Å². The Balaban J connectivity index is 1.54. The van der Waals surface area contributed by atoms with E-state index in [0.29, 0.717) is 34.7 Å². The minimum Gasteiger partial charge on any atom is -0.396 e. The summed E-state index contributed by atoms with van der Waals surface area (Å²) in [7, 11) is 0. The molecule has 4 saturated carbocycles. The molecular weight excluding hydrogens is 392 g/mol. The highest BCUT2D eigenvalue weighted by Crippen LogP contribution is 2.70. The number of aliphatic hydroxyl groups excluding tert-OH is 2. The van der Waals surface area contributed by atoms with E-state index >= 15 is 0 Å². The lowest BCUT2D eigenvalue weighted by Crippen LogP contribution is -2.57. The monoisotopic (exact) mass is 442 g/mol. The molecule has 0 aromatic rings. The van der Waals surface area contributed by atoms with Crippen molar-refractivity contribution in [1.82, 2.24) is 0 Å². The molecule has 0 radical (unpaired) electrons. The van der Waals surface area contributed by atoms with Crippen LogP contribution in [0.15, 0.2) is 11.6 Å². The molecule has 182 valence electrons. The summed E-state index contributed by atoms with van der Waals surface area (Å²) in [6.07, 6.45) is 16.4. The maximum Gasteiger partial charge on any atom is 0.0594 e. The van der Waals surface area contributed by atoms with Crippen molar-refractivity contribution >= 4 is 0 Å². The minimum absolute atomic E-state index is 0.0320. The average molecular weight is 443 g/mol. The molecule has 32 heavy (non-hydrogen) atoms. The van der Waals surface area contributed by atoms with E-state index in [1.54, 1.807) is 5.57 Å². The number of hydrogen-bond donors (Lipinski definition) is 2. The third-order valence-corrected chi connectivity index (χ3v) is 12.7. The van der Waals surface area contributed by atoms with E-state index in [9.17, 15) is 10.2 Å². The Kier molecular flexibility index (Phi) is 5.36. The number of allylic oxidation sites excluding steroid dienone is 2. The van der Waals surface area contributed by atoms with Gasteiger partial charge in [0.1, 0.15) is 0 Å². The Labute approximate surface area is 197 Å². The van der Waals surface area contributed by atoms with Crippen LogP contribution in [0.25, 0.3) is 0 Å². The van der Waals surface area contributed by atoms with Gasteiger partial charge in [0.05, 0.1) is 6.10 Å². The molecule has 2 nitrogen and oxygen atoms in total. The predicted molar refractivity (Wildman–Crippen MR) is 132 cm³/mol. The van der Waals surface area contributed by atoms with Crippen molar-refractivity contribution in [3.63, 3.8) is 0 Å². The SMILES string of the molecule is CC1(C)C2CCC[C@H]3C(CC=C4[C@@H]5C[C@@](C)(CO)CC[C@]5(C)CC[C@]43C)[C@@]2(C)CC[C@@H]1O. The standard InChI is InChI=1S/C30H50O2/c1-26(2)24-9-7-8-20-21(30(24,6)13-12-25(26)32)10-11-22-23-18-27(3,19-31)14-15-28(23,4)16-17-29(20,22)5/h11,20-21,23-25,31-32H,7-10,12-19H2,1-6H3/t20-,21?,23-,24?,25-,27-,28+,29-,30+/m0/s1. The van der Waals surface area contributed by atoms with Gasteiger partial charge < -0.3 is 10.2 Å². The first-order chi connectivity index (χ1) is 14.9. The van der Waals surface area contributed by atoms with Crippen LogP contribution in [0.2, 0.25) is 0 Å². The summed E-state index contributed by atoms with van der Waals surface area (Å²) in [4.78, 5) is 0. The smallest absolute Gasteiger partial charge is 0.0594 e. The Morgan fingerprint density at radius 1 is 0.875 bits per heavy atom. The van der Waals surface area contributed by atoms with Gasteiger partial charge in [-0.15, -0.1) is 0 Å². The van der Waals surface area contributed by atoms with Gasteiger partial charge in [0.25, 0.3) is 0 Å². The van der Waals surface area contributed by atoms with E-state index in [0.717, 1.165) is 18.3 Å². The summed E-state index contributed by atoms with van der Waals surface area (Å²) in [5, 5.41) is 21.1. The molecule has 4 fully saturated rings. The van der Waals surface area contributed by atoms with Gasteiger partial charge >= 0.3 is 0 Å². The van der Waals surface area contributed by atoms with Crippen LogP contribution in [0, 0.1) is 50.7 Å². The first-order valence-electron chi connectivity index (χ1n) is 13.9. The van der Waals surface area contributed by atoms with Crippen LogP contribution in [0.3, 0.4) is 0 Å². The molecule has 2 heteroatoms. The van der Waals surface area contributed by atoms with E-state index in [4.69, 9.17) is 0 Å². The van der Waals surface area contributed by atoms with Gasteiger partial charge in [-0.25, -0.2) is 0 Å². The van der Waals surface area contributed by atoms with E-state index < -0.39 is 0 Å². The average Bonchev–Trinajstić information content (AvgIpc) is 2.90. The second kappa shape index (κ2) is 7.33. The summed E-state index contributed by atoms with van der Waals surface area (Å²) < 4.78 is 0. The Morgan fingerprint density at radius 2 is 1.59 bits per heavy atom. The van der Waals surface area contributed by atoms with Crippen LogP contribution < -0.4 is 0 Å². The molecule has 2 unspecified atom stereocenters. The number of rotatable bonds is 1. The molecule has 0 amide bonds. The van der Waals surface area contributed by atoms with E-state index in [1.165, 1.54) is 64.2 Å². The number of fused-ring (bicyclic) bond motifs is 7. The second-order valence-corrected chi connectivity index (χ2v) is 14.8. The molecule has 0 aromatic heterocycles. The van der Waals surface area contributed by atoms with Gasteiger partial charge in [0, 0.05) is 6.61 Å². The first-order valence-corrected chi connectivity index (χ1v) is 13.9. The molecule has 0 heterocycles. The summed E-state index contributed by atoms with van der Waals surface area (Å²) in [5.41, 5.74) is 3.04. The maximum absolute atomic E-state index is 10.9. The van der Waals surface area contributed by atoms with Gasteiger partial charge in [-0.1, -0.05) is 59.6 Å². The fourth-order valence-electron chi connectivity index (χ4n) is 10.3. The summed E-state index contributed by atoms with van der Waals surface area (Å²) in [6.45, 7) is 15.2. The summed E-state index contributed by atoms with van der Waals surface area (Å²) in [5.74, 6) is 2.83. The van der Waals surface area contributed by atoms with Crippen LogP contribution in [0.1, 0.15) is 112 Å². The fraction of sp³-hybridized carbons (Fsp3) is 0.933. The van der Waals surface area contributed by atoms with Crippen molar-refractivity contribution in [1.29, 1.82) is 0 Å². The Bertz CT molecular complexity index is 784. The molecule has 0 bridgehead atoms. The van der Waals surface area contributed by atoms with Crippen LogP contribution in [0.5, 0.6) is 0 Å². The van der Waals surface area contributed by atoms with Crippen molar-refractivity contribution in [2.24, 2.45) is 50.7 Å². The van der Waals surface area contributed by atoms with E-state index in [1.807, 2.05) is 0 Å². The highest BCUT2D eigenvalue weighted by molar-refractivity contribution is 5.30. The van der Waals surface area contributed by atoms with Gasteiger partial charge in [0.15, 0.2) is 0 Å². The third-order valence-electron chi connectivity index (χ3n) is 12.7.